The van der Waals surface area contributed by atoms with Crippen LogP contribution in [0.4, 0.5) is 26.3 Å². The van der Waals surface area contributed by atoms with E-state index < -0.39 is 28.0 Å². The zero-order valence-electron chi connectivity index (χ0n) is 7.18. The predicted octanol–water partition coefficient (Wildman–Crippen LogP) is 5.25. The van der Waals surface area contributed by atoms with Gasteiger partial charge >= 0.3 is 12.4 Å². The summed E-state index contributed by atoms with van der Waals surface area (Å²) in [4.78, 5) is 0. The van der Waals surface area contributed by atoms with Crippen LogP contribution >= 0.6 is 31.9 Å². The number of rotatable bonds is 0. The van der Waals surface area contributed by atoms with Gasteiger partial charge in [0.25, 0.3) is 0 Å². The van der Waals surface area contributed by atoms with Crippen LogP contribution in [-0.4, -0.2) is 0 Å². The van der Waals surface area contributed by atoms with Crippen molar-refractivity contribution in [2.75, 3.05) is 0 Å². The minimum absolute atomic E-state index is 0.0900. The molecule has 0 amide bonds. The van der Waals surface area contributed by atoms with Crippen molar-refractivity contribution in [2.45, 2.75) is 12.4 Å². The third-order valence-electron chi connectivity index (χ3n) is 1.68. The maximum absolute atomic E-state index is 12.5. The minimum atomic E-state index is -5.08. The van der Waals surface area contributed by atoms with Crippen molar-refractivity contribution >= 4 is 31.9 Å². The highest BCUT2D eigenvalue weighted by atomic mass is 79.9. The van der Waals surface area contributed by atoms with Crippen LogP contribution in [0.25, 0.3) is 0 Å². The van der Waals surface area contributed by atoms with Crippen molar-refractivity contribution in [2.24, 2.45) is 0 Å². The molecule has 0 unspecified atom stereocenters. The standard InChI is InChI=1S/C8H2Br2F6/c9-4-2-1-3(7(11,12)13)5(6(4)10)8(14,15)16/h1-2H. The molecule has 0 aliphatic carbocycles. The van der Waals surface area contributed by atoms with Gasteiger partial charge in [-0.25, -0.2) is 0 Å². The molecule has 0 N–H and O–H groups in total. The van der Waals surface area contributed by atoms with Crippen molar-refractivity contribution in [3.63, 3.8) is 0 Å². The molecule has 0 saturated heterocycles. The van der Waals surface area contributed by atoms with E-state index >= 15 is 0 Å². The number of hydrogen-bond acceptors (Lipinski definition) is 0. The van der Waals surface area contributed by atoms with E-state index in [0.29, 0.717) is 6.07 Å². The Hall–Kier alpha value is -0.240. The van der Waals surface area contributed by atoms with Gasteiger partial charge in [0.15, 0.2) is 0 Å². The van der Waals surface area contributed by atoms with E-state index in [1.54, 1.807) is 0 Å². The molecule has 0 bridgehead atoms. The second-order valence-electron chi connectivity index (χ2n) is 2.78. The Morgan fingerprint density at radius 1 is 0.812 bits per heavy atom. The third-order valence-corrected chi connectivity index (χ3v) is 3.70. The normalized spacial score (nSPS) is 13.0. The molecular formula is C8H2Br2F6. The summed E-state index contributed by atoms with van der Waals surface area (Å²) in [6, 6.07) is 1.29. The van der Waals surface area contributed by atoms with Crippen molar-refractivity contribution in [1.82, 2.24) is 0 Å². The van der Waals surface area contributed by atoms with Crippen LogP contribution in [0, 0.1) is 0 Å². The van der Waals surface area contributed by atoms with Crippen molar-refractivity contribution in [3.05, 3.63) is 32.2 Å². The Labute approximate surface area is 103 Å². The molecule has 0 aromatic heterocycles. The topological polar surface area (TPSA) is 0 Å². The highest BCUT2D eigenvalue weighted by molar-refractivity contribution is 9.13. The fraction of sp³-hybridized carbons (Fsp3) is 0.250. The molecule has 0 saturated carbocycles. The number of hydrogen-bond donors (Lipinski definition) is 0. The van der Waals surface area contributed by atoms with Crippen LogP contribution in [0.3, 0.4) is 0 Å². The van der Waals surface area contributed by atoms with E-state index in [1.807, 2.05) is 0 Å². The summed E-state index contributed by atoms with van der Waals surface area (Å²) in [5.74, 6) is 0. The first-order valence-electron chi connectivity index (χ1n) is 3.67. The lowest BCUT2D eigenvalue weighted by Crippen LogP contribution is -2.17. The van der Waals surface area contributed by atoms with Gasteiger partial charge in [0, 0.05) is 8.95 Å². The van der Waals surface area contributed by atoms with E-state index in [4.69, 9.17) is 0 Å². The van der Waals surface area contributed by atoms with Crippen LogP contribution in [0.2, 0.25) is 0 Å². The molecule has 0 radical (unpaired) electrons. The van der Waals surface area contributed by atoms with Gasteiger partial charge in [-0.3, -0.25) is 0 Å². The van der Waals surface area contributed by atoms with Gasteiger partial charge in [-0.15, -0.1) is 0 Å². The monoisotopic (exact) mass is 370 g/mol. The Bertz CT molecular complexity index is 406. The minimum Gasteiger partial charge on any atom is -0.166 e. The average molecular weight is 372 g/mol. The Kier molecular flexibility index (Phi) is 3.64. The summed E-state index contributed by atoms with van der Waals surface area (Å²) in [6.45, 7) is 0. The third kappa shape index (κ3) is 2.71. The number of alkyl halides is 6. The molecule has 0 aliphatic rings. The van der Waals surface area contributed by atoms with Crippen LogP contribution in [0.1, 0.15) is 11.1 Å². The quantitative estimate of drug-likeness (QED) is 0.546. The van der Waals surface area contributed by atoms with E-state index in [1.165, 1.54) is 0 Å². The van der Waals surface area contributed by atoms with Crippen LogP contribution in [0.5, 0.6) is 0 Å². The van der Waals surface area contributed by atoms with Crippen LogP contribution < -0.4 is 0 Å². The molecular weight excluding hydrogens is 370 g/mol. The summed E-state index contributed by atoms with van der Waals surface area (Å²) < 4.78 is 73.7. The lowest BCUT2D eigenvalue weighted by Gasteiger charge is -2.17. The molecule has 0 atom stereocenters. The maximum atomic E-state index is 12.5. The fourth-order valence-corrected chi connectivity index (χ4v) is 1.96. The molecule has 90 valence electrons. The summed E-state index contributed by atoms with van der Waals surface area (Å²) in [6.07, 6.45) is -10.1. The second kappa shape index (κ2) is 4.21. The molecule has 1 aromatic rings. The van der Waals surface area contributed by atoms with Gasteiger partial charge in [0.1, 0.15) is 0 Å². The largest absolute Gasteiger partial charge is 0.418 e. The number of benzene rings is 1. The van der Waals surface area contributed by atoms with Gasteiger partial charge in [0.05, 0.1) is 11.1 Å². The summed E-state index contributed by atoms with van der Waals surface area (Å²) in [5.41, 5.74) is -3.44. The van der Waals surface area contributed by atoms with Gasteiger partial charge in [-0.05, 0) is 44.0 Å². The summed E-state index contributed by atoms with van der Waals surface area (Å²) >= 11 is 5.22. The first-order chi connectivity index (χ1) is 7.05. The first-order valence-corrected chi connectivity index (χ1v) is 5.26. The van der Waals surface area contributed by atoms with Crippen LogP contribution in [-0.2, 0) is 12.4 Å². The molecule has 8 heteroatoms. The molecule has 0 aliphatic heterocycles. The highest BCUT2D eigenvalue weighted by Gasteiger charge is 2.44. The molecule has 1 rings (SSSR count). The lowest BCUT2D eigenvalue weighted by molar-refractivity contribution is -0.162. The summed E-state index contributed by atoms with van der Waals surface area (Å²) in [5, 5.41) is 0. The van der Waals surface area contributed by atoms with E-state index in [0.717, 1.165) is 6.07 Å². The lowest BCUT2D eigenvalue weighted by atomic mass is 10.1. The smallest absolute Gasteiger partial charge is 0.166 e. The first kappa shape index (κ1) is 13.8. The Morgan fingerprint density at radius 3 is 1.69 bits per heavy atom. The van der Waals surface area contributed by atoms with Gasteiger partial charge in [-0.1, -0.05) is 0 Å². The van der Waals surface area contributed by atoms with Crippen molar-refractivity contribution < 1.29 is 26.3 Å². The molecule has 0 nitrogen and oxygen atoms in total. The zero-order chi connectivity index (χ0) is 12.7. The average Bonchev–Trinajstić information content (AvgIpc) is 2.05. The molecule has 16 heavy (non-hydrogen) atoms. The van der Waals surface area contributed by atoms with E-state index in [-0.39, 0.29) is 4.47 Å². The van der Waals surface area contributed by atoms with Gasteiger partial charge in [0.2, 0.25) is 0 Å². The summed E-state index contributed by atoms with van der Waals surface area (Å²) in [7, 11) is 0. The van der Waals surface area contributed by atoms with E-state index in [9.17, 15) is 26.3 Å². The molecule has 0 fully saturated rings. The molecule has 0 spiro atoms. The van der Waals surface area contributed by atoms with Crippen LogP contribution in [0.15, 0.2) is 21.1 Å². The maximum Gasteiger partial charge on any atom is 0.418 e. The predicted molar refractivity (Wildman–Crippen MR) is 51.8 cm³/mol. The Morgan fingerprint density at radius 2 is 1.31 bits per heavy atom. The van der Waals surface area contributed by atoms with E-state index in [2.05, 4.69) is 31.9 Å². The van der Waals surface area contributed by atoms with Crippen molar-refractivity contribution in [1.29, 1.82) is 0 Å². The SMILES string of the molecule is FC(F)(F)c1ccc(Br)c(Br)c1C(F)(F)F. The Balaban J connectivity index is 3.59. The van der Waals surface area contributed by atoms with Gasteiger partial charge < -0.3 is 0 Å². The second-order valence-corrected chi connectivity index (χ2v) is 4.43. The molecule has 0 heterocycles. The highest BCUT2D eigenvalue weighted by Crippen LogP contribution is 2.45. The zero-order valence-corrected chi connectivity index (χ0v) is 10.4. The van der Waals surface area contributed by atoms with Gasteiger partial charge in [-0.2, -0.15) is 26.3 Å². The van der Waals surface area contributed by atoms with Crippen molar-refractivity contribution in [3.8, 4) is 0 Å². The number of halogens is 8. The molecule has 1 aromatic carbocycles. The fourth-order valence-electron chi connectivity index (χ4n) is 1.06.